The van der Waals surface area contributed by atoms with Gasteiger partial charge in [-0.05, 0) is 25.0 Å². The van der Waals surface area contributed by atoms with Gasteiger partial charge in [0.25, 0.3) is 5.91 Å². The van der Waals surface area contributed by atoms with E-state index in [0.29, 0.717) is 11.4 Å². The maximum Gasteiger partial charge on any atom is 0.254 e. The van der Waals surface area contributed by atoms with Crippen LogP contribution in [0.3, 0.4) is 0 Å². The van der Waals surface area contributed by atoms with E-state index < -0.39 is 11.7 Å². The molecule has 1 amide bonds. The Labute approximate surface area is 114 Å². The predicted molar refractivity (Wildman–Crippen MR) is 71.4 cm³/mol. The van der Waals surface area contributed by atoms with E-state index in [1.807, 2.05) is 0 Å². The standard InChI is InChI=1S/C12H14BrClFNO/c1-2-8(13)6-7-16-12(17)9-4-3-5-10(14)11(9)15/h3-5,8H,2,6-7H2,1H3,(H,16,17). The van der Waals surface area contributed by atoms with Crippen molar-refractivity contribution < 1.29 is 9.18 Å². The summed E-state index contributed by atoms with van der Waals surface area (Å²) in [6, 6.07) is 4.39. The monoisotopic (exact) mass is 321 g/mol. The largest absolute Gasteiger partial charge is 0.352 e. The normalized spacial score (nSPS) is 12.2. The lowest BCUT2D eigenvalue weighted by Crippen LogP contribution is -2.26. The fourth-order valence-corrected chi connectivity index (χ4v) is 1.72. The summed E-state index contributed by atoms with van der Waals surface area (Å²) in [4.78, 5) is 12.0. The minimum atomic E-state index is -0.669. The summed E-state index contributed by atoms with van der Waals surface area (Å²) in [5, 5.41) is 2.63. The average molecular weight is 323 g/mol. The van der Waals surface area contributed by atoms with E-state index in [9.17, 15) is 9.18 Å². The number of hydrogen-bond acceptors (Lipinski definition) is 1. The fraction of sp³-hybridized carbons (Fsp3) is 0.417. The number of benzene rings is 1. The maximum absolute atomic E-state index is 13.5. The van der Waals surface area contributed by atoms with Crippen LogP contribution < -0.4 is 5.32 Å². The Morgan fingerprint density at radius 3 is 2.94 bits per heavy atom. The molecule has 2 nitrogen and oxygen atoms in total. The smallest absolute Gasteiger partial charge is 0.254 e. The van der Waals surface area contributed by atoms with Crippen LogP contribution >= 0.6 is 27.5 Å². The van der Waals surface area contributed by atoms with Gasteiger partial charge in [0.2, 0.25) is 0 Å². The lowest BCUT2D eigenvalue weighted by atomic mass is 10.2. The van der Waals surface area contributed by atoms with Crippen LogP contribution in [0.15, 0.2) is 18.2 Å². The van der Waals surface area contributed by atoms with Crippen molar-refractivity contribution in [3.63, 3.8) is 0 Å². The zero-order chi connectivity index (χ0) is 12.8. The fourth-order valence-electron chi connectivity index (χ4n) is 1.32. The van der Waals surface area contributed by atoms with Crippen molar-refractivity contribution in [1.82, 2.24) is 5.32 Å². The van der Waals surface area contributed by atoms with Gasteiger partial charge in [-0.25, -0.2) is 4.39 Å². The first kappa shape index (κ1) is 14.5. The number of halogens is 3. The van der Waals surface area contributed by atoms with Gasteiger partial charge in [-0.1, -0.05) is 40.5 Å². The summed E-state index contributed by atoms with van der Waals surface area (Å²) >= 11 is 9.07. The maximum atomic E-state index is 13.5. The van der Waals surface area contributed by atoms with Gasteiger partial charge in [-0.15, -0.1) is 0 Å². The lowest BCUT2D eigenvalue weighted by molar-refractivity contribution is 0.0949. The quantitative estimate of drug-likeness (QED) is 0.821. The van der Waals surface area contributed by atoms with Crippen molar-refractivity contribution in [1.29, 1.82) is 0 Å². The molecule has 1 N–H and O–H groups in total. The van der Waals surface area contributed by atoms with Gasteiger partial charge in [-0.3, -0.25) is 4.79 Å². The number of rotatable bonds is 5. The molecule has 0 saturated heterocycles. The van der Waals surface area contributed by atoms with Crippen molar-refractivity contribution in [3.05, 3.63) is 34.6 Å². The Morgan fingerprint density at radius 1 is 1.59 bits per heavy atom. The molecule has 0 bridgehead atoms. The average Bonchev–Trinajstić information content (AvgIpc) is 2.32. The Balaban J connectivity index is 2.56. The molecule has 0 aromatic heterocycles. The summed E-state index contributed by atoms with van der Waals surface area (Å²) in [5.41, 5.74) is -0.0138. The lowest BCUT2D eigenvalue weighted by Gasteiger charge is -2.09. The minimum absolute atomic E-state index is 0.0138. The van der Waals surface area contributed by atoms with Crippen molar-refractivity contribution >= 4 is 33.4 Å². The van der Waals surface area contributed by atoms with Crippen LogP contribution in [0, 0.1) is 5.82 Å². The molecular weight excluding hydrogens is 308 g/mol. The molecule has 1 unspecified atom stereocenters. The van der Waals surface area contributed by atoms with E-state index >= 15 is 0 Å². The topological polar surface area (TPSA) is 29.1 Å². The summed E-state index contributed by atoms with van der Waals surface area (Å²) in [7, 11) is 0. The van der Waals surface area contributed by atoms with Gasteiger partial charge in [0.15, 0.2) is 5.82 Å². The molecule has 0 spiro atoms. The van der Waals surface area contributed by atoms with Crippen molar-refractivity contribution in [3.8, 4) is 0 Å². The van der Waals surface area contributed by atoms with Crippen LogP contribution in [0.25, 0.3) is 0 Å². The second-order valence-electron chi connectivity index (χ2n) is 3.65. The third-order valence-corrected chi connectivity index (χ3v) is 3.78. The highest BCUT2D eigenvalue weighted by Crippen LogP contribution is 2.17. The Hall–Kier alpha value is -0.610. The predicted octanol–water partition coefficient (Wildman–Crippen LogP) is 3.77. The molecule has 1 aromatic rings. The van der Waals surface area contributed by atoms with Gasteiger partial charge in [0.05, 0.1) is 10.6 Å². The van der Waals surface area contributed by atoms with E-state index in [-0.39, 0.29) is 10.6 Å². The first-order valence-electron chi connectivity index (χ1n) is 5.42. The van der Waals surface area contributed by atoms with E-state index in [0.717, 1.165) is 12.8 Å². The zero-order valence-corrected chi connectivity index (χ0v) is 11.8. The third kappa shape index (κ3) is 4.28. The van der Waals surface area contributed by atoms with E-state index in [1.54, 1.807) is 6.07 Å². The molecule has 0 aliphatic heterocycles. The van der Waals surface area contributed by atoms with Gasteiger partial charge >= 0.3 is 0 Å². The first-order valence-corrected chi connectivity index (χ1v) is 6.72. The minimum Gasteiger partial charge on any atom is -0.352 e. The van der Waals surface area contributed by atoms with Crippen molar-refractivity contribution in [2.75, 3.05) is 6.54 Å². The highest BCUT2D eigenvalue weighted by Gasteiger charge is 2.13. The molecule has 5 heteroatoms. The summed E-state index contributed by atoms with van der Waals surface area (Å²) < 4.78 is 13.5. The van der Waals surface area contributed by atoms with Crippen LogP contribution in [-0.2, 0) is 0 Å². The second-order valence-corrected chi connectivity index (χ2v) is 5.35. The SMILES string of the molecule is CCC(Br)CCNC(=O)c1cccc(Cl)c1F. The van der Waals surface area contributed by atoms with E-state index in [4.69, 9.17) is 11.6 Å². The third-order valence-electron chi connectivity index (χ3n) is 2.38. The second kappa shape index (κ2) is 6.97. The van der Waals surface area contributed by atoms with Crippen LogP contribution in [0.1, 0.15) is 30.1 Å². The molecule has 1 atom stereocenters. The molecular formula is C12H14BrClFNO. The van der Waals surface area contributed by atoms with E-state index in [2.05, 4.69) is 28.2 Å². The number of nitrogens with one attached hydrogen (secondary N) is 1. The molecule has 0 aliphatic rings. The number of hydrogen-bond donors (Lipinski definition) is 1. The Morgan fingerprint density at radius 2 is 2.29 bits per heavy atom. The van der Waals surface area contributed by atoms with Gasteiger partial charge in [0, 0.05) is 11.4 Å². The Kier molecular flexibility index (Phi) is 5.92. The number of carbonyl (C=O) groups is 1. The van der Waals surface area contributed by atoms with Crippen LogP contribution in [0.2, 0.25) is 5.02 Å². The van der Waals surface area contributed by atoms with Gasteiger partial charge in [-0.2, -0.15) is 0 Å². The zero-order valence-electron chi connectivity index (χ0n) is 9.47. The number of amides is 1. The molecule has 1 rings (SSSR count). The molecule has 0 heterocycles. The Bertz CT molecular complexity index is 400. The highest BCUT2D eigenvalue weighted by atomic mass is 79.9. The first-order chi connectivity index (χ1) is 8.06. The summed E-state index contributed by atoms with van der Waals surface area (Å²) in [6.07, 6.45) is 1.80. The number of carbonyl (C=O) groups excluding carboxylic acids is 1. The number of alkyl halides is 1. The molecule has 17 heavy (non-hydrogen) atoms. The molecule has 0 saturated carbocycles. The van der Waals surface area contributed by atoms with Gasteiger partial charge in [0.1, 0.15) is 0 Å². The molecule has 1 aromatic carbocycles. The molecule has 94 valence electrons. The molecule has 0 aliphatic carbocycles. The van der Waals surface area contributed by atoms with Crippen LogP contribution in [0.4, 0.5) is 4.39 Å². The summed E-state index contributed by atoms with van der Waals surface area (Å²) in [5.74, 6) is -1.10. The molecule has 0 fully saturated rings. The van der Waals surface area contributed by atoms with Crippen LogP contribution in [0.5, 0.6) is 0 Å². The van der Waals surface area contributed by atoms with E-state index in [1.165, 1.54) is 12.1 Å². The van der Waals surface area contributed by atoms with Gasteiger partial charge < -0.3 is 5.32 Å². The summed E-state index contributed by atoms with van der Waals surface area (Å²) in [6.45, 7) is 2.56. The highest BCUT2D eigenvalue weighted by molar-refractivity contribution is 9.09. The van der Waals surface area contributed by atoms with Crippen LogP contribution in [-0.4, -0.2) is 17.3 Å². The molecule has 0 radical (unpaired) electrons. The van der Waals surface area contributed by atoms with Crippen molar-refractivity contribution in [2.45, 2.75) is 24.6 Å². The van der Waals surface area contributed by atoms with Crippen molar-refractivity contribution in [2.24, 2.45) is 0 Å².